The molecule has 0 aliphatic rings. The van der Waals surface area contributed by atoms with Gasteiger partial charge >= 0.3 is 0 Å². The van der Waals surface area contributed by atoms with E-state index in [4.69, 9.17) is 5.11 Å². The largest absolute Gasteiger partial charge is 0.389 e. The Hall–Kier alpha value is -0.370. The fourth-order valence-corrected chi connectivity index (χ4v) is 0.253. The van der Waals surface area contributed by atoms with Crippen LogP contribution < -0.4 is 0 Å². The van der Waals surface area contributed by atoms with Crippen molar-refractivity contribution >= 4 is 5.78 Å². The molecule has 0 amide bonds. The Kier molecular flexibility index (Phi) is 3.61. The van der Waals surface area contributed by atoms with Gasteiger partial charge in [0.05, 0.1) is 0 Å². The molecular formula is C5H8O2. The van der Waals surface area contributed by atoms with Gasteiger partial charge in [0, 0.05) is 6.42 Å². The van der Waals surface area contributed by atoms with Gasteiger partial charge in [0.2, 0.25) is 0 Å². The van der Waals surface area contributed by atoms with Crippen molar-refractivity contribution in [1.82, 2.24) is 0 Å². The molecule has 0 aliphatic carbocycles. The van der Waals surface area contributed by atoms with Gasteiger partial charge in [-0.15, -0.1) is 0 Å². The molecule has 0 aliphatic heterocycles. The number of hydrogen-bond acceptors (Lipinski definition) is 2. The van der Waals surface area contributed by atoms with Crippen molar-refractivity contribution < 1.29 is 9.90 Å². The van der Waals surface area contributed by atoms with E-state index in [9.17, 15) is 4.79 Å². The fourth-order valence-electron chi connectivity index (χ4n) is 0.253. The number of ketones is 1. The summed E-state index contributed by atoms with van der Waals surface area (Å²) in [4.78, 5) is 10.1. The molecule has 0 aromatic carbocycles. The average Bonchev–Trinajstić information content (AvgIpc) is 1.68. The van der Waals surface area contributed by atoms with Gasteiger partial charge in [0.15, 0.2) is 5.78 Å². The quantitative estimate of drug-likeness (QED) is 0.543. The second-order valence-corrected chi connectivity index (χ2v) is 1.23. The highest BCUT2D eigenvalue weighted by Crippen LogP contribution is 1.83. The Morgan fingerprint density at radius 3 is 2.57 bits per heavy atom. The van der Waals surface area contributed by atoms with Crippen LogP contribution >= 0.6 is 0 Å². The number of carbonyl (C=O) groups is 1. The first-order valence-corrected chi connectivity index (χ1v) is 2.08. The lowest BCUT2D eigenvalue weighted by Gasteiger charge is -1.86. The average molecular weight is 100 g/mol. The van der Waals surface area contributed by atoms with Crippen molar-refractivity contribution in [3.05, 3.63) is 6.42 Å². The predicted octanol–water partition coefficient (Wildman–Crippen LogP) is 0.0391. The van der Waals surface area contributed by atoms with Crippen molar-refractivity contribution in [3.8, 4) is 0 Å². The van der Waals surface area contributed by atoms with Gasteiger partial charge in [-0.1, -0.05) is 6.92 Å². The lowest BCUT2D eigenvalue weighted by Crippen LogP contribution is -2.01. The van der Waals surface area contributed by atoms with E-state index in [1.54, 1.807) is 6.92 Å². The maximum atomic E-state index is 10.1. The fraction of sp³-hybridized carbons (Fsp3) is 0.600. The van der Waals surface area contributed by atoms with Gasteiger partial charge in [-0.05, 0) is 6.42 Å². The Labute approximate surface area is 43.2 Å². The molecular weight excluding hydrogens is 92.1 g/mol. The van der Waals surface area contributed by atoms with Crippen molar-refractivity contribution in [2.45, 2.75) is 13.3 Å². The molecule has 0 heterocycles. The first kappa shape index (κ1) is 6.63. The summed E-state index contributed by atoms with van der Waals surface area (Å²) < 4.78 is 0. The molecule has 0 atom stereocenters. The smallest absolute Gasteiger partial charge is 0.158 e. The molecule has 1 N–H and O–H groups in total. The molecule has 0 unspecified atom stereocenters. The molecule has 0 spiro atoms. The molecule has 0 fully saturated rings. The molecule has 2 heteroatoms. The van der Waals surface area contributed by atoms with E-state index >= 15 is 0 Å². The predicted molar refractivity (Wildman–Crippen MR) is 25.6 cm³/mol. The zero-order chi connectivity index (χ0) is 5.70. The van der Waals surface area contributed by atoms with E-state index in [1.807, 2.05) is 0 Å². The van der Waals surface area contributed by atoms with Crippen LogP contribution in [0.1, 0.15) is 13.3 Å². The van der Waals surface area contributed by atoms with Crippen LogP contribution in [0.4, 0.5) is 0 Å². The number of aliphatic hydroxyl groups is 1. The van der Waals surface area contributed by atoms with Crippen molar-refractivity contribution in [1.29, 1.82) is 0 Å². The van der Waals surface area contributed by atoms with Gasteiger partial charge in [-0.25, -0.2) is 0 Å². The SMILES string of the molecule is C[C]CC(=O)CO. The Morgan fingerprint density at radius 2 is 2.43 bits per heavy atom. The van der Waals surface area contributed by atoms with Crippen LogP contribution in [-0.4, -0.2) is 17.5 Å². The number of carbonyl (C=O) groups excluding carboxylic acids is 1. The summed E-state index contributed by atoms with van der Waals surface area (Å²) in [7, 11) is 0. The highest BCUT2D eigenvalue weighted by atomic mass is 16.3. The molecule has 2 radical (unpaired) electrons. The first-order chi connectivity index (χ1) is 3.31. The summed E-state index contributed by atoms with van der Waals surface area (Å²) in [5, 5.41) is 8.08. The summed E-state index contributed by atoms with van der Waals surface area (Å²) in [6, 6.07) is 0. The van der Waals surface area contributed by atoms with E-state index in [0.29, 0.717) is 0 Å². The Bertz CT molecular complexity index is 59.1. The number of Topliss-reactive ketones (excluding diaryl/α,β-unsaturated/α-hetero) is 1. The normalized spacial score (nSPS) is 8.86. The molecule has 0 saturated carbocycles. The van der Waals surface area contributed by atoms with Crippen LogP contribution in [0, 0.1) is 6.42 Å². The summed E-state index contributed by atoms with van der Waals surface area (Å²) in [5.41, 5.74) is 0. The molecule has 0 aromatic rings. The van der Waals surface area contributed by atoms with E-state index in [1.165, 1.54) is 0 Å². The van der Waals surface area contributed by atoms with E-state index < -0.39 is 0 Å². The van der Waals surface area contributed by atoms with Crippen LogP contribution in [0.15, 0.2) is 0 Å². The third-order valence-corrected chi connectivity index (χ3v) is 0.550. The third kappa shape index (κ3) is 3.46. The van der Waals surface area contributed by atoms with Gasteiger partial charge in [-0.3, -0.25) is 4.79 Å². The highest BCUT2D eigenvalue weighted by Gasteiger charge is 1.93. The van der Waals surface area contributed by atoms with Crippen LogP contribution in [0.5, 0.6) is 0 Å². The van der Waals surface area contributed by atoms with Crippen molar-refractivity contribution in [2.75, 3.05) is 6.61 Å². The third-order valence-electron chi connectivity index (χ3n) is 0.550. The highest BCUT2D eigenvalue weighted by molar-refractivity contribution is 5.80. The van der Waals surface area contributed by atoms with E-state index in [0.717, 1.165) is 0 Å². The second kappa shape index (κ2) is 3.81. The molecule has 7 heavy (non-hydrogen) atoms. The monoisotopic (exact) mass is 100 g/mol. The second-order valence-electron chi connectivity index (χ2n) is 1.23. The van der Waals surface area contributed by atoms with Gasteiger partial charge in [-0.2, -0.15) is 0 Å². The van der Waals surface area contributed by atoms with Gasteiger partial charge in [0.25, 0.3) is 0 Å². The van der Waals surface area contributed by atoms with E-state index in [2.05, 4.69) is 6.42 Å². The Balaban J connectivity index is 3.00. The topological polar surface area (TPSA) is 37.3 Å². The summed E-state index contributed by atoms with van der Waals surface area (Å²) in [6.07, 6.45) is 2.87. The summed E-state index contributed by atoms with van der Waals surface area (Å²) >= 11 is 0. The first-order valence-electron chi connectivity index (χ1n) is 2.08. The maximum absolute atomic E-state index is 10.1. The number of aliphatic hydroxyl groups excluding tert-OH is 1. The van der Waals surface area contributed by atoms with Crippen molar-refractivity contribution in [3.63, 3.8) is 0 Å². The lowest BCUT2D eigenvalue weighted by molar-refractivity contribution is -0.121. The number of rotatable bonds is 3. The zero-order valence-corrected chi connectivity index (χ0v) is 4.27. The zero-order valence-electron chi connectivity index (χ0n) is 4.27. The van der Waals surface area contributed by atoms with Gasteiger partial charge < -0.3 is 5.11 Å². The molecule has 40 valence electrons. The summed E-state index contributed by atoms with van der Waals surface area (Å²) in [5.74, 6) is -0.178. The molecule has 0 rings (SSSR count). The van der Waals surface area contributed by atoms with Crippen molar-refractivity contribution in [2.24, 2.45) is 0 Å². The van der Waals surface area contributed by atoms with Crippen LogP contribution in [-0.2, 0) is 4.79 Å². The minimum Gasteiger partial charge on any atom is -0.389 e. The van der Waals surface area contributed by atoms with Crippen LogP contribution in [0.3, 0.4) is 0 Å². The van der Waals surface area contributed by atoms with Gasteiger partial charge in [0.1, 0.15) is 6.61 Å². The minimum atomic E-state index is -0.360. The standard InChI is InChI=1S/C5H8O2/c1-2-3-5(7)4-6/h6H,3-4H2,1H3. The number of hydrogen-bond donors (Lipinski definition) is 1. The maximum Gasteiger partial charge on any atom is 0.158 e. The summed E-state index contributed by atoms with van der Waals surface area (Å²) in [6.45, 7) is 1.30. The minimum absolute atomic E-state index is 0.178. The Morgan fingerprint density at radius 1 is 1.86 bits per heavy atom. The lowest BCUT2D eigenvalue weighted by atomic mass is 10.2. The molecule has 0 bridgehead atoms. The van der Waals surface area contributed by atoms with E-state index in [-0.39, 0.29) is 18.8 Å². The molecule has 0 aromatic heterocycles. The van der Waals surface area contributed by atoms with Crippen LogP contribution in [0.2, 0.25) is 0 Å². The molecule has 0 saturated heterocycles. The van der Waals surface area contributed by atoms with Crippen LogP contribution in [0.25, 0.3) is 0 Å². The molecule has 2 nitrogen and oxygen atoms in total.